The maximum atomic E-state index is 12.8. The smallest absolute Gasteiger partial charge is 0.262 e. The number of hydrogen-bond acceptors (Lipinski definition) is 6. The van der Waals surface area contributed by atoms with Crippen molar-refractivity contribution >= 4 is 45.0 Å². The summed E-state index contributed by atoms with van der Waals surface area (Å²) in [5.74, 6) is 0.473. The number of thiazole rings is 1. The van der Waals surface area contributed by atoms with E-state index in [1.54, 1.807) is 0 Å². The zero-order valence-corrected chi connectivity index (χ0v) is 15.2. The Morgan fingerprint density at radius 2 is 2.16 bits per heavy atom. The average Bonchev–Trinajstić information content (AvgIpc) is 3.32. The molecule has 1 saturated carbocycles. The first-order valence-corrected chi connectivity index (χ1v) is 9.84. The molecule has 8 heteroatoms. The molecular formula is C17H16N4O2S2. The van der Waals surface area contributed by atoms with Gasteiger partial charge in [0.1, 0.15) is 0 Å². The van der Waals surface area contributed by atoms with Crippen molar-refractivity contribution in [2.75, 3.05) is 5.32 Å². The second-order valence-corrected chi connectivity index (χ2v) is 7.73. The van der Waals surface area contributed by atoms with Gasteiger partial charge in [-0.3, -0.25) is 14.2 Å². The van der Waals surface area contributed by atoms with Crippen molar-refractivity contribution in [3.63, 3.8) is 0 Å². The van der Waals surface area contributed by atoms with Crippen LogP contribution in [0.4, 0.5) is 5.13 Å². The Balaban J connectivity index is 1.62. The number of nitrogens with zero attached hydrogens (tertiary/aromatic N) is 3. The molecule has 0 unspecified atom stereocenters. The van der Waals surface area contributed by atoms with Crippen LogP contribution in [0.3, 0.4) is 0 Å². The molecule has 1 amide bonds. The summed E-state index contributed by atoms with van der Waals surface area (Å²) < 4.78 is 1.83. The largest absolute Gasteiger partial charge is 0.302 e. The lowest BCUT2D eigenvalue weighted by Crippen LogP contribution is -2.22. The molecule has 4 rings (SSSR count). The van der Waals surface area contributed by atoms with Crippen molar-refractivity contribution in [3.05, 3.63) is 45.7 Å². The minimum Gasteiger partial charge on any atom is -0.302 e. The number of rotatable bonds is 5. The quantitative estimate of drug-likeness (QED) is 0.548. The summed E-state index contributed by atoms with van der Waals surface area (Å²) in [5.41, 5.74) is 1.63. The van der Waals surface area contributed by atoms with E-state index in [2.05, 4.69) is 10.3 Å². The summed E-state index contributed by atoms with van der Waals surface area (Å²) in [7, 11) is 0. The van der Waals surface area contributed by atoms with Gasteiger partial charge in [0.05, 0.1) is 16.6 Å². The molecule has 0 bridgehead atoms. The maximum Gasteiger partial charge on any atom is 0.262 e. The Bertz CT molecular complexity index is 1010. The van der Waals surface area contributed by atoms with E-state index in [0.29, 0.717) is 16.3 Å². The van der Waals surface area contributed by atoms with Gasteiger partial charge >= 0.3 is 0 Å². The first-order valence-electron chi connectivity index (χ1n) is 7.98. The Hall–Kier alpha value is -2.19. The van der Waals surface area contributed by atoms with Crippen LogP contribution in [0, 0.1) is 0 Å². The van der Waals surface area contributed by atoms with Crippen LogP contribution in [0.1, 0.15) is 31.5 Å². The molecule has 2 aromatic heterocycles. The van der Waals surface area contributed by atoms with Gasteiger partial charge < -0.3 is 5.32 Å². The van der Waals surface area contributed by atoms with Crippen molar-refractivity contribution in [2.45, 2.75) is 36.7 Å². The highest BCUT2D eigenvalue weighted by Crippen LogP contribution is 2.37. The zero-order valence-electron chi connectivity index (χ0n) is 13.6. The van der Waals surface area contributed by atoms with Crippen molar-refractivity contribution in [1.82, 2.24) is 14.5 Å². The SMILES string of the molecule is CC(=O)Nc1nc(CSc2nc3ccccc3c(=O)n2C2CC2)cs1. The van der Waals surface area contributed by atoms with E-state index >= 15 is 0 Å². The number of fused-ring (bicyclic) bond motifs is 1. The number of anilines is 1. The number of hydrogen-bond donors (Lipinski definition) is 1. The van der Waals surface area contributed by atoms with Crippen LogP contribution >= 0.6 is 23.1 Å². The fourth-order valence-electron chi connectivity index (χ4n) is 2.60. The summed E-state index contributed by atoms with van der Waals surface area (Å²) in [6.07, 6.45) is 2.05. The van der Waals surface area contributed by atoms with Crippen molar-refractivity contribution in [3.8, 4) is 0 Å². The molecule has 1 aliphatic carbocycles. The summed E-state index contributed by atoms with van der Waals surface area (Å²) >= 11 is 2.91. The standard InChI is InChI=1S/C17H16N4O2S2/c1-10(22)18-16-19-11(8-24-16)9-25-17-20-14-5-3-2-4-13(14)15(23)21(17)12-6-7-12/h2-5,8,12H,6-7,9H2,1H3,(H,18,19,22). The summed E-state index contributed by atoms with van der Waals surface area (Å²) in [5, 5.41) is 6.60. The third-order valence-electron chi connectivity index (χ3n) is 3.87. The third kappa shape index (κ3) is 3.45. The molecule has 0 saturated heterocycles. The van der Waals surface area contributed by atoms with E-state index < -0.39 is 0 Å². The first kappa shape index (κ1) is 16.3. The monoisotopic (exact) mass is 372 g/mol. The Kier molecular flexibility index (Phi) is 4.30. The Labute approximate surface area is 152 Å². The van der Waals surface area contributed by atoms with E-state index in [1.807, 2.05) is 34.2 Å². The Morgan fingerprint density at radius 3 is 2.92 bits per heavy atom. The topological polar surface area (TPSA) is 76.9 Å². The number of carbonyl (C=O) groups excluding carboxylic acids is 1. The number of carbonyl (C=O) groups is 1. The van der Waals surface area contributed by atoms with Gasteiger partial charge in [-0.15, -0.1) is 11.3 Å². The highest BCUT2D eigenvalue weighted by Gasteiger charge is 2.28. The van der Waals surface area contributed by atoms with E-state index in [0.717, 1.165) is 29.2 Å². The number of benzene rings is 1. The summed E-state index contributed by atoms with van der Waals surface area (Å²) in [6, 6.07) is 7.73. The average molecular weight is 372 g/mol. The lowest BCUT2D eigenvalue weighted by molar-refractivity contribution is -0.114. The molecule has 1 fully saturated rings. The van der Waals surface area contributed by atoms with Gasteiger partial charge in [-0.25, -0.2) is 9.97 Å². The number of thioether (sulfide) groups is 1. The van der Waals surface area contributed by atoms with E-state index in [4.69, 9.17) is 4.98 Å². The van der Waals surface area contributed by atoms with Crippen LogP contribution in [0.25, 0.3) is 10.9 Å². The lowest BCUT2D eigenvalue weighted by Gasteiger charge is -2.11. The van der Waals surface area contributed by atoms with Crippen LogP contribution in [0.15, 0.2) is 39.6 Å². The summed E-state index contributed by atoms with van der Waals surface area (Å²) in [4.78, 5) is 33.0. The second kappa shape index (κ2) is 6.61. The Morgan fingerprint density at radius 1 is 1.36 bits per heavy atom. The number of amides is 1. The number of aromatic nitrogens is 3. The van der Waals surface area contributed by atoms with Gasteiger partial charge in [0.15, 0.2) is 10.3 Å². The highest BCUT2D eigenvalue weighted by atomic mass is 32.2. The normalized spacial score (nSPS) is 14.0. The van der Waals surface area contributed by atoms with Gasteiger partial charge in [0, 0.05) is 24.1 Å². The minimum atomic E-state index is -0.132. The zero-order chi connectivity index (χ0) is 17.4. The van der Waals surface area contributed by atoms with Crippen molar-refractivity contribution in [1.29, 1.82) is 0 Å². The lowest BCUT2D eigenvalue weighted by atomic mass is 10.2. The molecule has 0 aliphatic heterocycles. The molecule has 1 N–H and O–H groups in total. The molecule has 0 spiro atoms. The third-order valence-corrected chi connectivity index (χ3v) is 5.66. The molecule has 1 aliphatic rings. The second-order valence-electron chi connectivity index (χ2n) is 5.93. The van der Waals surface area contributed by atoms with Crippen molar-refractivity contribution < 1.29 is 4.79 Å². The van der Waals surface area contributed by atoms with Crippen LogP contribution in [0.5, 0.6) is 0 Å². The molecular weight excluding hydrogens is 356 g/mol. The van der Waals surface area contributed by atoms with Gasteiger partial charge in [0.25, 0.3) is 5.56 Å². The molecule has 3 aromatic rings. The maximum absolute atomic E-state index is 12.8. The molecule has 6 nitrogen and oxygen atoms in total. The molecule has 25 heavy (non-hydrogen) atoms. The van der Waals surface area contributed by atoms with E-state index in [-0.39, 0.29) is 17.5 Å². The van der Waals surface area contributed by atoms with Gasteiger partial charge in [-0.05, 0) is 25.0 Å². The van der Waals surface area contributed by atoms with Crippen LogP contribution in [-0.2, 0) is 10.5 Å². The fraction of sp³-hybridized carbons (Fsp3) is 0.294. The van der Waals surface area contributed by atoms with E-state index in [9.17, 15) is 9.59 Å². The van der Waals surface area contributed by atoms with Crippen LogP contribution in [-0.4, -0.2) is 20.4 Å². The van der Waals surface area contributed by atoms with E-state index in [1.165, 1.54) is 30.0 Å². The molecule has 128 valence electrons. The predicted molar refractivity (Wildman–Crippen MR) is 100 cm³/mol. The predicted octanol–water partition coefficient (Wildman–Crippen LogP) is 3.44. The highest BCUT2D eigenvalue weighted by molar-refractivity contribution is 7.98. The van der Waals surface area contributed by atoms with Gasteiger partial charge in [-0.1, -0.05) is 23.9 Å². The molecule has 1 aromatic carbocycles. The number of nitrogens with one attached hydrogen (secondary N) is 1. The van der Waals surface area contributed by atoms with Gasteiger partial charge in [-0.2, -0.15) is 0 Å². The van der Waals surface area contributed by atoms with Crippen LogP contribution in [0.2, 0.25) is 0 Å². The number of para-hydroxylation sites is 1. The van der Waals surface area contributed by atoms with Gasteiger partial charge in [0.2, 0.25) is 5.91 Å². The summed E-state index contributed by atoms with van der Waals surface area (Å²) in [6.45, 7) is 1.46. The van der Waals surface area contributed by atoms with Crippen molar-refractivity contribution in [2.24, 2.45) is 0 Å². The fourth-order valence-corrected chi connectivity index (χ4v) is 4.42. The first-order chi connectivity index (χ1) is 12.1. The molecule has 0 atom stereocenters. The molecule has 2 heterocycles. The van der Waals surface area contributed by atoms with Crippen LogP contribution < -0.4 is 10.9 Å². The minimum absolute atomic E-state index is 0.0350. The molecule has 0 radical (unpaired) electrons.